The number of amides is 1. The van der Waals surface area contributed by atoms with Crippen LogP contribution in [0.15, 0.2) is 54.6 Å². The zero-order valence-electron chi connectivity index (χ0n) is 12.0. The third-order valence-corrected chi connectivity index (χ3v) is 4.85. The summed E-state index contributed by atoms with van der Waals surface area (Å²) in [5.74, 6) is 0.304. The molecule has 2 aromatic rings. The smallest absolute Gasteiger partial charge is 0.230 e. The minimum Gasteiger partial charge on any atom is -0.335 e. The number of nitrogens with zero attached hydrogens (tertiary/aromatic N) is 1. The van der Waals surface area contributed by atoms with Gasteiger partial charge in [-0.2, -0.15) is 0 Å². The number of hydrogen-bond donors (Lipinski definition) is 0. The van der Waals surface area contributed by atoms with Crippen LogP contribution in [0.25, 0.3) is 0 Å². The van der Waals surface area contributed by atoms with Gasteiger partial charge in [0.25, 0.3) is 0 Å². The molecule has 21 heavy (non-hydrogen) atoms. The second kappa shape index (κ2) is 5.03. The van der Waals surface area contributed by atoms with Crippen molar-refractivity contribution >= 4 is 5.91 Å². The van der Waals surface area contributed by atoms with Crippen LogP contribution in [0.5, 0.6) is 0 Å². The Morgan fingerprint density at radius 3 is 2.48 bits per heavy atom. The van der Waals surface area contributed by atoms with Crippen molar-refractivity contribution in [3.63, 3.8) is 0 Å². The van der Waals surface area contributed by atoms with Crippen molar-refractivity contribution in [1.29, 1.82) is 0 Å². The summed E-state index contributed by atoms with van der Waals surface area (Å²) in [6.45, 7) is 0.920. The van der Waals surface area contributed by atoms with Crippen LogP contribution < -0.4 is 0 Å². The Morgan fingerprint density at radius 1 is 0.952 bits per heavy atom. The number of fused-ring (bicyclic) bond motifs is 3. The highest BCUT2D eigenvalue weighted by atomic mass is 16.2. The van der Waals surface area contributed by atoms with E-state index < -0.39 is 0 Å². The Balaban J connectivity index is 1.76. The third-order valence-electron chi connectivity index (χ3n) is 4.85. The highest BCUT2D eigenvalue weighted by Crippen LogP contribution is 2.43. The number of benzene rings is 2. The Kier molecular flexibility index (Phi) is 3.03. The fourth-order valence-corrected chi connectivity index (χ4v) is 3.87. The van der Waals surface area contributed by atoms with Crippen LogP contribution in [0, 0.1) is 0 Å². The lowest BCUT2D eigenvalue weighted by Crippen LogP contribution is -2.40. The van der Waals surface area contributed by atoms with Crippen molar-refractivity contribution < 1.29 is 4.79 Å². The van der Waals surface area contributed by atoms with E-state index in [4.69, 9.17) is 0 Å². The molecule has 0 saturated carbocycles. The van der Waals surface area contributed by atoms with E-state index in [0.717, 1.165) is 25.8 Å². The molecule has 4 rings (SSSR count). The molecular weight excluding hydrogens is 258 g/mol. The minimum atomic E-state index is -0.0158. The topological polar surface area (TPSA) is 20.3 Å². The van der Waals surface area contributed by atoms with Crippen LogP contribution in [0.4, 0.5) is 0 Å². The molecule has 0 radical (unpaired) electrons. The molecule has 0 aliphatic carbocycles. The SMILES string of the molecule is O=C1[C@@H](Cc2ccccc2)c2ccccc2[C@H]2CCCN12. The Labute approximate surface area is 125 Å². The predicted molar refractivity (Wildman–Crippen MR) is 83.0 cm³/mol. The summed E-state index contributed by atoms with van der Waals surface area (Å²) in [5, 5.41) is 0. The van der Waals surface area contributed by atoms with Crippen molar-refractivity contribution in [1.82, 2.24) is 4.90 Å². The molecule has 0 N–H and O–H groups in total. The monoisotopic (exact) mass is 277 g/mol. The molecule has 2 aliphatic rings. The van der Waals surface area contributed by atoms with Gasteiger partial charge in [-0.1, -0.05) is 54.6 Å². The number of rotatable bonds is 2. The molecule has 1 saturated heterocycles. The quantitative estimate of drug-likeness (QED) is 0.820. The van der Waals surface area contributed by atoms with Crippen LogP contribution in [0.2, 0.25) is 0 Å². The summed E-state index contributed by atoms with van der Waals surface area (Å²) in [6.07, 6.45) is 3.05. The van der Waals surface area contributed by atoms with E-state index in [9.17, 15) is 4.79 Å². The predicted octanol–water partition coefficient (Wildman–Crippen LogP) is 3.69. The average molecular weight is 277 g/mol. The van der Waals surface area contributed by atoms with Crippen molar-refractivity contribution in [2.45, 2.75) is 31.2 Å². The fraction of sp³-hybridized carbons (Fsp3) is 0.316. The van der Waals surface area contributed by atoms with Crippen molar-refractivity contribution in [2.24, 2.45) is 0 Å². The van der Waals surface area contributed by atoms with E-state index in [1.807, 2.05) is 18.2 Å². The fourth-order valence-electron chi connectivity index (χ4n) is 3.87. The molecule has 2 heterocycles. The molecule has 0 unspecified atom stereocenters. The minimum absolute atomic E-state index is 0.0158. The highest BCUT2D eigenvalue weighted by molar-refractivity contribution is 5.87. The molecule has 2 heteroatoms. The first-order valence-electron chi connectivity index (χ1n) is 7.78. The summed E-state index contributed by atoms with van der Waals surface area (Å²) in [4.78, 5) is 15.0. The number of carbonyl (C=O) groups excluding carboxylic acids is 1. The molecule has 2 nitrogen and oxygen atoms in total. The van der Waals surface area contributed by atoms with Gasteiger partial charge in [0.1, 0.15) is 0 Å². The normalized spacial score (nSPS) is 23.8. The Hall–Kier alpha value is -2.09. The maximum atomic E-state index is 12.9. The lowest BCUT2D eigenvalue weighted by molar-refractivity contribution is -0.134. The van der Waals surface area contributed by atoms with Gasteiger partial charge in [-0.15, -0.1) is 0 Å². The molecule has 0 aromatic heterocycles. The average Bonchev–Trinajstić information content (AvgIpc) is 3.02. The first-order chi connectivity index (χ1) is 10.3. The molecular formula is C19H19NO. The van der Waals surface area contributed by atoms with Gasteiger partial charge in [0.05, 0.1) is 12.0 Å². The summed E-state index contributed by atoms with van der Waals surface area (Å²) in [6, 6.07) is 19.2. The lowest BCUT2D eigenvalue weighted by atomic mass is 9.82. The van der Waals surface area contributed by atoms with Crippen LogP contribution in [-0.2, 0) is 11.2 Å². The summed E-state index contributed by atoms with van der Waals surface area (Å²) >= 11 is 0. The summed E-state index contributed by atoms with van der Waals surface area (Å²) in [7, 11) is 0. The maximum absolute atomic E-state index is 12.9. The lowest BCUT2D eigenvalue weighted by Gasteiger charge is -2.37. The van der Waals surface area contributed by atoms with E-state index >= 15 is 0 Å². The van der Waals surface area contributed by atoms with Crippen molar-refractivity contribution in [3.8, 4) is 0 Å². The number of carbonyl (C=O) groups is 1. The third kappa shape index (κ3) is 2.06. The molecule has 1 amide bonds. The Morgan fingerprint density at radius 2 is 1.67 bits per heavy atom. The first kappa shape index (κ1) is 12.6. The zero-order valence-corrected chi connectivity index (χ0v) is 12.0. The van der Waals surface area contributed by atoms with Crippen LogP contribution in [0.3, 0.4) is 0 Å². The van der Waals surface area contributed by atoms with Gasteiger partial charge in [-0.25, -0.2) is 0 Å². The summed E-state index contributed by atoms with van der Waals surface area (Å²) < 4.78 is 0. The zero-order chi connectivity index (χ0) is 14.2. The highest BCUT2D eigenvalue weighted by Gasteiger charge is 2.41. The van der Waals surface area contributed by atoms with E-state index in [2.05, 4.69) is 41.3 Å². The van der Waals surface area contributed by atoms with Gasteiger partial charge in [0.2, 0.25) is 5.91 Å². The van der Waals surface area contributed by atoms with Gasteiger partial charge in [0, 0.05) is 6.54 Å². The van der Waals surface area contributed by atoms with Crippen LogP contribution in [-0.4, -0.2) is 17.4 Å². The second-order valence-electron chi connectivity index (χ2n) is 6.06. The van der Waals surface area contributed by atoms with Crippen LogP contribution >= 0.6 is 0 Å². The summed E-state index contributed by atoms with van der Waals surface area (Å²) in [5.41, 5.74) is 3.85. The van der Waals surface area contributed by atoms with Crippen LogP contribution in [0.1, 0.15) is 41.5 Å². The Bertz CT molecular complexity index is 664. The maximum Gasteiger partial charge on any atom is 0.230 e. The van der Waals surface area contributed by atoms with E-state index in [1.54, 1.807) is 0 Å². The first-order valence-corrected chi connectivity index (χ1v) is 7.78. The molecule has 2 aliphatic heterocycles. The van der Waals surface area contributed by atoms with E-state index in [-0.39, 0.29) is 5.92 Å². The van der Waals surface area contributed by atoms with Crippen molar-refractivity contribution in [2.75, 3.05) is 6.54 Å². The molecule has 1 fully saturated rings. The van der Waals surface area contributed by atoms with Gasteiger partial charge >= 0.3 is 0 Å². The number of hydrogen-bond acceptors (Lipinski definition) is 1. The standard InChI is InChI=1S/C19H19NO/c21-19-17(13-14-7-2-1-3-8-14)15-9-4-5-10-16(15)18-11-6-12-20(18)19/h1-5,7-10,17-18H,6,11-13H2/t17-,18+/m0/s1. The molecule has 2 atom stereocenters. The van der Waals surface area contributed by atoms with E-state index in [1.165, 1.54) is 16.7 Å². The second-order valence-corrected chi connectivity index (χ2v) is 6.06. The van der Waals surface area contributed by atoms with Gasteiger partial charge in [-0.05, 0) is 36.0 Å². The molecule has 0 bridgehead atoms. The molecule has 106 valence electrons. The van der Waals surface area contributed by atoms with E-state index in [0.29, 0.717) is 11.9 Å². The van der Waals surface area contributed by atoms with Gasteiger partial charge in [-0.3, -0.25) is 4.79 Å². The molecule has 2 aromatic carbocycles. The van der Waals surface area contributed by atoms with Gasteiger partial charge in [0.15, 0.2) is 0 Å². The largest absolute Gasteiger partial charge is 0.335 e. The van der Waals surface area contributed by atoms with Crippen molar-refractivity contribution in [3.05, 3.63) is 71.3 Å². The molecule has 0 spiro atoms. The van der Waals surface area contributed by atoms with Gasteiger partial charge < -0.3 is 4.90 Å².